The predicted molar refractivity (Wildman–Crippen MR) is 122 cm³/mol. The molecule has 10 heteroatoms. The number of anilines is 1. The molecule has 32 heavy (non-hydrogen) atoms. The maximum absolute atomic E-state index is 13.3. The van der Waals surface area contributed by atoms with E-state index >= 15 is 0 Å². The summed E-state index contributed by atoms with van der Waals surface area (Å²) in [6.07, 6.45) is 3.52. The van der Waals surface area contributed by atoms with E-state index < -0.39 is 25.8 Å². The molecule has 2 aromatic rings. The lowest BCUT2D eigenvalue weighted by Crippen LogP contribution is -2.32. The molecule has 3 rings (SSSR count). The van der Waals surface area contributed by atoms with Crippen molar-refractivity contribution in [3.05, 3.63) is 48.0 Å². The van der Waals surface area contributed by atoms with Gasteiger partial charge in [-0.15, -0.1) is 0 Å². The molecule has 1 aliphatic rings. The molecule has 1 amide bonds. The summed E-state index contributed by atoms with van der Waals surface area (Å²) < 4.78 is 58.0. The topological polar surface area (TPSA) is 110 Å². The Bertz CT molecular complexity index is 1180. The summed E-state index contributed by atoms with van der Waals surface area (Å²) in [5.74, 6) is -0.570. The summed E-state index contributed by atoms with van der Waals surface area (Å²) in [7, 11) is -6.04. The highest BCUT2D eigenvalue weighted by Gasteiger charge is 2.29. The first kappa shape index (κ1) is 24.2. The van der Waals surface area contributed by atoms with Gasteiger partial charge in [0.05, 0.1) is 23.4 Å². The van der Waals surface area contributed by atoms with E-state index in [-0.39, 0.29) is 32.5 Å². The first-order valence-corrected chi connectivity index (χ1v) is 13.6. The number of ether oxygens (including phenoxy) is 1. The van der Waals surface area contributed by atoms with E-state index in [1.54, 1.807) is 12.1 Å². The van der Waals surface area contributed by atoms with Crippen molar-refractivity contribution in [2.24, 2.45) is 0 Å². The van der Waals surface area contributed by atoms with Crippen LogP contribution in [0.3, 0.4) is 0 Å². The van der Waals surface area contributed by atoms with Gasteiger partial charge >= 0.3 is 0 Å². The number of methoxy groups -OCH3 is 1. The summed E-state index contributed by atoms with van der Waals surface area (Å²) in [6, 6.07) is 10.3. The van der Waals surface area contributed by atoms with Gasteiger partial charge in [0, 0.05) is 18.7 Å². The van der Waals surface area contributed by atoms with Crippen molar-refractivity contribution in [2.45, 2.75) is 42.4 Å². The minimum absolute atomic E-state index is 0.0155. The van der Waals surface area contributed by atoms with Crippen LogP contribution in [0.15, 0.2) is 52.3 Å². The second-order valence-electron chi connectivity index (χ2n) is 7.54. The predicted octanol–water partition coefficient (Wildman–Crippen LogP) is 3.31. The molecule has 174 valence electrons. The van der Waals surface area contributed by atoms with E-state index in [1.807, 2.05) is 0 Å². The molecule has 0 spiro atoms. The Morgan fingerprint density at radius 1 is 0.969 bits per heavy atom. The molecule has 1 fully saturated rings. The van der Waals surface area contributed by atoms with Crippen molar-refractivity contribution in [3.8, 4) is 5.75 Å². The minimum Gasteiger partial charge on any atom is -0.495 e. The average molecular weight is 481 g/mol. The first-order valence-electron chi connectivity index (χ1n) is 10.5. The van der Waals surface area contributed by atoms with Crippen molar-refractivity contribution < 1.29 is 26.4 Å². The standard InChI is InChI=1S/C22H28N2O6S2/c1-3-31(26,27)20-11-7-6-10-18(20)23-22(25)17-12-13-19(30-2)21(16-17)32(28,29)24-14-8-4-5-9-15-24/h6-7,10-13,16H,3-5,8-9,14-15H2,1-2H3,(H,23,25). The number of sulfonamides is 1. The van der Waals surface area contributed by atoms with Gasteiger partial charge < -0.3 is 10.1 Å². The Morgan fingerprint density at radius 2 is 1.62 bits per heavy atom. The molecule has 0 unspecified atom stereocenters. The summed E-state index contributed by atoms with van der Waals surface area (Å²) in [4.78, 5) is 12.9. The summed E-state index contributed by atoms with van der Waals surface area (Å²) in [6.45, 7) is 2.37. The van der Waals surface area contributed by atoms with Crippen molar-refractivity contribution in [2.75, 3.05) is 31.3 Å². The molecule has 0 aromatic heterocycles. The molecular formula is C22H28N2O6S2. The number of nitrogens with one attached hydrogen (secondary N) is 1. The van der Waals surface area contributed by atoms with Gasteiger partial charge in [0.2, 0.25) is 10.0 Å². The number of hydrogen-bond acceptors (Lipinski definition) is 6. The van der Waals surface area contributed by atoms with Crippen LogP contribution in [0.1, 0.15) is 43.0 Å². The number of rotatable bonds is 7. The number of benzene rings is 2. The molecule has 2 aromatic carbocycles. The second kappa shape index (κ2) is 10.0. The van der Waals surface area contributed by atoms with Crippen LogP contribution in [0.25, 0.3) is 0 Å². The number of para-hydroxylation sites is 1. The maximum atomic E-state index is 13.3. The van der Waals surface area contributed by atoms with Crippen LogP contribution in [-0.4, -0.2) is 53.0 Å². The van der Waals surface area contributed by atoms with Crippen LogP contribution >= 0.6 is 0 Å². The Balaban J connectivity index is 1.96. The molecule has 1 N–H and O–H groups in total. The zero-order valence-electron chi connectivity index (χ0n) is 18.2. The fraction of sp³-hybridized carbons (Fsp3) is 0.409. The Kier molecular flexibility index (Phi) is 7.58. The van der Waals surface area contributed by atoms with E-state index in [9.17, 15) is 21.6 Å². The Hall–Kier alpha value is -2.43. The fourth-order valence-corrected chi connectivity index (χ4v) is 6.38. The molecule has 1 heterocycles. The lowest BCUT2D eigenvalue weighted by molar-refractivity contribution is 0.102. The van der Waals surface area contributed by atoms with Crippen molar-refractivity contribution >= 4 is 31.5 Å². The number of sulfone groups is 1. The number of carbonyl (C=O) groups is 1. The molecule has 0 radical (unpaired) electrons. The zero-order chi connectivity index (χ0) is 23.4. The van der Waals surface area contributed by atoms with Gasteiger partial charge in [0.1, 0.15) is 10.6 Å². The van der Waals surface area contributed by atoms with Crippen molar-refractivity contribution in [3.63, 3.8) is 0 Å². The van der Waals surface area contributed by atoms with Crippen LogP contribution in [-0.2, 0) is 19.9 Å². The Morgan fingerprint density at radius 3 is 2.25 bits per heavy atom. The maximum Gasteiger partial charge on any atom is 0.255 e. The van der Waals surface area contributed by atoms with E-state index in [0.29, 0.717) is 13.1 Å². The molecule has 0 aliphatic carbocycles. The fourth-order valence-electron chi connectivity index (χ4n) is 3.63. The molecule has 8 nitrogen and oxygen atoms in total. The molecule has 0 bridgehead atoms. The second-order valence-corrected chi connectivity index (χ2v) is 11.7. The first-order chi connectivity index (χ1) is 15.2. The molecule has 0 saturated carbocycles. The summed E-state index contributed by atoms with van der Waals surface area (Å²) in [5, 5.41) is 2.61. The largest absolute Gasteiger partial charge is 0.495 e. The van der Waals surface area contributed by atoms with Crippen LogP contribution in [0.2, 0.25) is 0 Å². The third kappa shape index (κ3) is 5.13. The average Bonchev–Trinajstić information content (AvgIpc) is 3.09. The van der Waals surface area contributed by atoms with Crippen LogP contribution < -0.4 is 10.1 Å². The third-order valence-electron chi connectivity index (χ3n) is 5.46. The van der Waals surface area contributed by atoms with Crippen LogP contribution in [0.5, 0.6) is 5.75 Å². The van der Waals surface area contributed by atoms with Gasteiger partial charge in [0.25, 0.3) is 5.91 Å². The van der Waals surface area contributed by atoms with Crippen LogP contribution in [0, 0.1) is 0 Å². The zero-order valence-corrected chi connectivity index (χ0v) is 19.8. The quantitative estimate of drug-likeness (QED) is 0.651. The molecule has 1 aliphatic heterocycles. The van der Waals surface area contributed by atoms with Gasteiger partial charge in [0.15, 0.2) is 9.84 Å². The number of nitrogens with zero attached hydrogens (tertiary/aromatic N) is 1. The number of hydrogen-bond donors (Lipinski definition) is 1. The minimum atomic E-state index is -3.86. The van der Waals surface area contributed by atoms with Crippen LogP contribution in [0.4, 0.5) is 5.69 Å². The Labute approximate surface area is 189 Å². The summed E-state index contributed by atoms with van der Waals surface area (Å²) >= 11 is 0. The monoisotopic (exact) mass is 480 g/mol. The van der Waals surface area contributed by atoms with Crippen molar-refractivity contribution in [1.82, 2.24) is 4.31 Å². The number of carbonyl (C=O) groups excluding carboxylic acids is 1. The van der Waals surface area contributed by atoms with Gasteiger partial charge in [-0.1, -0.05) is 31.9 Å². The lowest BCUT2D eigenvalue weighted by Gasteiger charge is -2.21. The van der Waals surface area contributed by atoms with Gasteiger partial charge in [-0.2, -0.15) is 4.31 Å². The van der Waals surface area contributed by atoms with Crippen molar-refractivity contribution in [1.29, 1.82) is 0 Å². The molecule has 1 saturated heterocycles. The van der Waals surface area contributed by atoms with E-state index in [1.165, 1.54) is 48.7 Å². The van der Waals surface area contributed by atoms with Gasteiger partial charge in [-0.05, 0) is 43.2 Å². The summed E-state index contributed by atoms with van der Waals surface area (Å²) in [5.41, 5.74) is 0.231. The van der Waals surface area contributed by atoms with E-state index in [4.69, 9.17) is 4.74 Å². The van der Waals surface area contributed by atoms with E-state index in [2.05, 4.69) is 5.32 Å². The number of amides is 1. The highest BCUT2D eigenvalue weighted by atomic mass is 32.2. The third-order valence-corrected chi connectivity index (χ3v) is 9.17. The van der Waals surface area contributed by atoms with Gasteiger partial charge in [-0.3, -0.25) is 4.79 Å². The highest BCUT2D eigenvalue weighted by molar-refractivity contribution is 7.91. The van der Waals surface area contributed by atoms with E-state index in [0.717, 1.165) is 25.7 Å². The lowest BCUT2D eigenvalue weighted by atomic mass is 10.2. The SMILES string of the molecule is CCS(=O)(=O)c1ccccc1NC(=O)c1ccc(OC)c(S(=O)(=O)N2CCCCCC2)c1. The smallest absolute Gasteiger partial charge is 0.255 e. The molecular weight excluding hydrogens is 452 g/mol. The van der Waals surface area contributed by atoms with Gasteiger partial charge in [-0.25, -0.2) is 16.8 Å². The normalized spacial score (nSPS) is 15.7. The highest BCUT2D eigenvalue weighted by Crippen LogP contribution is 2.30. The molecule has 0 atom stereocenters.